The zero-order chi connectivity index (χ0) is 23.3. The van der Waals surface area contributed by atoms with E-state index in [1.54, 1.807) is 24.3 Å². The predicted octanol–water partition coefficient (Wildman–Crippen LogP) is 1.81. The molecule has 0 aliphatic carbocycles. The Hall–Kier alpha value is -2.16. The Bertz CT molecular complexity index is 925. The maximum atomic E-state index is 13.6. The molecule has 8 nitrogen and oxygen atoms in total. The molecule has 0 saturated carbocycles. The third-order valence-corrected chi connectivity index (χ3v) is 7.60. The molecule has 1 spiro atoms. The van der Waals surface area contributed by atoms with E-state index in [0.717, 1.165) is 6.42 Å². The first kappa shape index (κ1) is 23.0. The second kappa shape index (κ2) is 8.32. The number of ether oxygens (including phenoxy) is 1. The van der Waals surface area contributed by atoms with Crippen LogP contribution in [-0.2, 0) is 19.1 Å². The maximum Gasteiger partial charge on any atom is 0.250 e. The summed E-state index contributed by atoms with van der Waals surface area (Å²) in [6.45, 7) is 6.04. The average Bonchev–Trinajstić information content (AvgIpc) is 3.25. The number of benzene rings is 1. The highest BCUT2D eigenvalue weighted by molar-refractivity contribution is 6.30. The minimum atomic E-state index is -1.12. The molecular weight excluding hydrogens is 434 g/mol. The molecule has 3 heterocycles. The summed E-state index contributed by atoms with van der Waals surface area (Å²) in [6, 6.07) is 5.74. The van der Waals surface area contributed by atoms with Gasteiger partial charge in [-0.1, -0.05) is 25.4 Å². The van der Waals surface area contributed by atoms with Crippen molar-refractivity contribution in [3.63, 3.8) is 0 Å². The topological polar surface area (TPSA) is 108 Å². The van der Waals surface area contributed by atoms with Gasteiger partial charge in [-0.3, -0.25) is 14.4 Å². The lowest BCUT2D eigenvalue weighted by Crippen LogP contribution is -2.54. The summed E-state index contributed by atoms with van der Waals surface area (Å²) in [6.07, 6.45) is 1.26. The molecule has 9 heteroatoms. The Morgan fingerprint density at radius 3 is 2.59 bits per heavy atom. The van der Waals surface area contributed by atoms with E-state index in [9.17, 15) is 19.5 Å². The molecule has 3 amide bonds. The van der Waals surface area contributed by atoms with Crippen molar-refractivity contribution in [3.8, 4) is 0 Å². The molecule has 3 unspecified atom stereocenters. The second-order valence-electron chi connectivity index (χ2n) is 9.25. The highest BCUT2D eigenvalue weighted by atomic mass is 35.5. The van der Waals surface area contributed by atoms with Gasteiger partial charge in [0.1, 0.15) is 11.6 Å². The molecule has 1 aromatic carbocycles. The smallest absolute Gasteiger partial charge is 0.250 e. The third-order valence-electron chi connectivity index (χ3n) is 7.35. The van der Waals surface area contributed by atoms with Crippen molar-refractivity contribution in [3.05, 3.63) is 29.3 Å². The fraction of sp³-hybridized carbons (Fsp3) is 0.609. The van der Waals surface area contributed by atoms with Crippen molar-refractivity contribution in [2.75, 3.05) is 25.0 Å². The van der Waals surface area contributed by atoms with Crippen molar-refractivity contribution in [1.82, 2.24) is 10.2 Å². The Morgan fingerprint density at radius 2 is 1.97 bits per heavy atom. The number of aliphatic hydroxyl groups excluding tert-OH is 1. The number of carbonyl (C=O) groups is 3. The van der Waals surface area contributed by atoms with Crippen LogP contribution in [0.25, 0.3) is 0 Å². The van der Waals surface area contributed by atoms with Crippen molar-refractivity contribution in [2.24, 2.45) is 17.8 Å². The molecule has 3 N–H and O–H groups in total. The predicted molar refractivity (Wildman–Crippen MR) is 119 cm³/mol. The first-order chi connectivity index (χ1) is 15.2. The number of anilines is 1. The van der Waals surface area contributed by atoms with Crippen molar-refractivity contribution in [2.45, 2.75) is 50.9 Å². The number of likely N-dealkylation sites (tertiary alicyclic amines) is 1. The van der Waals surface area contributed by atoms with Crippen LogP contribution in [0.4, 0.5) is 5.69 Å². The number of nitrogens with zero attached hydrogens (tertiary/aromatic N) is 1. The van der Waals surface area contributed by atoms with Crippen LogP contribution in [0.5, 0.6) is 0 Å². The quantitative estimate of drug-likeness (QED) is 0.571. The minimum absolute atomic E-state index is 0.00641. The zero-order valence-corrected chi connectivity index (χ0v) is 19.3. The number of halogens is 1. The molecule has 0 radical (unpaired) electrons. The molecule has 174 valence electrons. The number of carbonyl (C=O) groups excluding carboxylic acids is 3. The van der Waals surface area contributed by atoms with Gasteiger partial charge in [0.15, 0.2) is 0 Å². The van der Waals surface area contributed by atoms with Gasteiger partial charge in [-0.25, -0.2) is 0 Å². The third kappa shape index (κ3) is 3.31. The highest BCUT2D eigenvalue weighted by Crippen LogP contribution is 2.65. The van der Waals surface area contributed by atoms with E-state index in [0.29, 0.717) is 23.7 Å². The standard InChI is InChI=1S/C23H30ClN3O5/c1-4-9-25-19(29)16-17-21(31)27(10-11-28)18(23(17)12-13(2)22(16,3)32-23)20(30)26-15-7-5-14(24)6-8-15/h5-8,13,16-18,28H,4,9-12H2,1-3H3,(H,25,29)(H,26,30)/t13?,16-,17+,18?,22+,23?/m1/s1. The Balaban J connectivity index is 1.72. The summed E-state index contributed by atoms with van der Waals surface area (Å²) in [7, 11) is 0. The molecule has 0 aromatic heterocycles. The van der Waals surface area contributed by atoms with Crippen LogP contribution in [0.3, 0.4) is 0 Å². The van der Waals surface area contributed by atoms with Crippen LogP contribution in [0.15, 0.2) is 24.3 Å². The van der Waals surface area contributed by atoms with Gasteiger partial charge in [-0.05, 0) is 49.9 Å². The van der Waals surface area contributed by atoms with E-state index in [2.05, 4.69) is 10.6 Å². The van der Waals surface area contributed by atoms with Gasteiger partial charge in [0, 0.05) is 23.8 Å². The molecule has 3 aliphatic rings. The Kier molecular flexibility index (Phi) is 5.98. The van der Waals surface area contributed by atoms with Crippen LogP contribution >= 0.6 is 11.6 Å². The Morgan fingerprint density at radius 1 is 1.28 bits per heavy atom. The number of hydrogen-bond acceptors (Lipinski definition) is 5. The molecule has 3 saturated heterocycles. The number of nitrogens with one attached hydrogen (secondary N) is 2. The summed E-state index contributed by atoms with van der Waals surface area (Å²) in [5, 5.41) is 16.0. The van der Waals surface area contributed by atoms with Crippen molar-refractivity contribution >= 4 is 35.0 Å². The number of aliphatic hydroxyl groups is 1. The summed E-state index contributed by atoms with van der Waals surface area (Å²) < 4.78 is 6.55. The van der Waals surface area contributed by atoms with E-state index in [4.69, 9.17) is 16.3 Å². The SMILES string of the molecule is CCCNC(=O)[C@H]1[C@H]2C(=O)N(CCO)C(C(=O)Nc3ccc(Cl)cc3)C23CC(C)[C@]1(C)O3. The van der Waals surface area contributed by atoms with Gasteiger partial charge >= 0.3 is 0 Å². The van der Waals surface area contributed by atoms with Crippen LogP contribution in [0.2, 0.25) is 5.02 Å². The van der Waals surface area contributed by atoms with Gasteiger partial charge in [0.2, 0.25) is 17.7 Å². The first-order valence-electron chi connectivity index (χ1n) is 11.1. The van der Waals surface area contributed by atoms with Gasteiger partial charge < -0.3 is 25.4 Å². The lowest BCUT2D eigenvalue weighted by atomic mass is 9.62. The first-order valence-corrected chi connectivity index (χ1v) is 11.5. The van der Waals surface area contributed by atoms with Gasteiger partial charge in [0.05, 0.1) is 24.0 Å². The number of hydrogen-bond donors (Lipinski definition) is 3. The molecule has 6 atom stereocenters. The van der Waals surface area contributed by atoms with Gasteiger partial charge in [-0.15, -0.1) is 0 Å². The van der Waals surface area contributed by atoms with E-state index in [1.807, 2.05) is 20.8 Å². The molecule has 3 fully saturated rings. The van der Waals surface area contributed by atoms with Crippen LogP contribution in [0, 0.1) is 17.8 Å². The fourth-order valence-corrected chi connectivity index (χ4v) is 6.02. The summed E-state index contributed by atoms with van der Waals surface area (Å²) in [5.41, 5.74) is -1.42. The summed E-state index contributed by atoms with van der Waals surface area (Å²) >= 11 is 5.94. The highest BCUT2D eigenvalue weighted by Gasteiger charge is 2.79. The van der Waals surface area contributed by atoms with Crippen molar-refractivity contribution < 1.29 is 24.2 Å². The largest absolute Gasteiger partial charge is 0.395 e. The average molecular weight is 464 g/mol. The summed E-state index contributed by atoms with van der Waals surface area (Å²) in [5.74, 6) is -2.43. The molecule has 2 bridgehead atoms. The zero-order valence-electron chi connectivity index (χ0n) is 18.6. The van der Waals surface area contributed by atoms with E-state index in [-0.39, 0.29) is 30.9 Å². The van der Waals surface area contributed by atoms with E-state index in [1.165, 1.54) is 4.90 Å². The normalized spacial score (nSPS) is 35.2. The fourth-order valence-electron chi connectivity index (χ4n) is 5.89. The van der Waals surface area contributed by atoms with E-state index >= 15 is 0 Å². The number of rotatable bonds is 7. The van der Waals surface area contributed by atoms with Gasteiger partial charge in [0.25, 0.3) is 0 Å². The van der Waals surface area contributed by atoms with E-state index < -0.39 is 35.0 Å². The molecule has 32 heavy (non-hydrogen) atoms. The molecule has 3 aliphatic heterocycles. The Labute approximate surface area is 192 Å². The molecule has 4 rings (SSSR count). The lowest BCUT2D eigenvalue weighted by molar-refractivity contribution is -0.146. The van der Waals surface area contributed by atoms with Crippen LogP contribution < -0.4 is 10.6 Å². The maximum absolute atomic E-state index is 13.6. The number of fused-ring (bicyclic) bond motifs is 1. The monoisotopic (exact) mass is 463 g/mol. The molecular formula is C23H30ClN3O5. The number of amides is 3. The summed E-state index contributed by atoms with van der Waals surface area (Å²) in [4.78, 5) is 41.6. The van der Waals surface area contributed by atoms with Gasteiger partial charge in [-0.2, -0.15) is 0 Å². The van der Waals surface area contributed by atoms with Crippen LogP contribution in [0.1, 0.15) is 33.6 Å². The van der Waals surface area contributed by atoms with Crippen LogP contribution in [-0.4, -0.2) is 64.7 Å². The van der Waals surface area contributed by atoms with Crippen molar-refractivity contribution in [1.29, 1.82) is 0 Å². The molecule has 1 aromatic rings. The minimum Gasteiger partial charge on any atom is -0.395 e. The number of β-amino-alcohol motifs (C(OH)–C–C–N with tert-alkyl or cyclic N) is 1. The lowest BCUT2D eigenvalue weighted by Gasteiger charge is -2.36. The second-order valence-corrected chi connectivity index (χ2v) is 9.68.